The van der Waals surface area contributed by atoms with Crippen molar-refractivity contribution in [2.45, 2.75) is 32.7 Å². The summed E-state index contributed by atoms with van der Waals surface area (Å²) >= 11 is 0. The Morgan fingerprint density at radius 2 is 1.60 bits per heavy atom. The Bertz CT molecular complexity index is 998. The predicted octanol–water partition coefficient (Wildman–Crippen LogP) is 5.42. The molecule has 4 heteroatoms. The molecule has 0 fully saturated rings. The Kier molecular flexibility index (Phi) is 3.88. The molecule has 1 atom stereocenters. The number of nitrogens with zero attached hydrogens (tertiary/aromatic N) is 3. The number of rotatable bonds is 4. The van der Waals surface area contributed by atoms with Gasteiger partial charge in [-0.25, -0.2) is 0 Å². The van der Waals surface area contributed by atoms with Gasteiger partial charge in [0, 0.05) is 16.8 Å². The van der Waals surface area contributed by atoms with Crippen molar-refractivity contribution in [3.63, 3.8) is 0 Å². The van der Waals surface area contributed by atoms with E-state index in [1.165, 1.54) is 10.9 Å². The lowest BCUT2D eigenvalue weighted by molar-refractivity contribution is 0.476. The molecule has 0 spiro atoms. The second-order valence-electron chi connectivity index (χ2n) is 6.65. The third-order valence-corrected chi connectivity index (χ3v) is 4.57. The molecule has 0 radical (unpaired) electrons. The van der Waals surface area contributed by atoms with Crippen molar-refractivity contribution >= 4 is 10.9 Å². The van der Waals surface area contributed by atoms with Crippen LogP contribution in [0.2, 0.25) is 0 Å². The lowest BCUT2D eigenvalue weighted by Crippen LogP contribution is -2.08. The van der Waals surface area contributed by atoms with Crippen molar-refractivity contribution < 1.29 is 4.42 Å². The lowest BCUT2D eigenvalue weighted by Gasteiger charge is -2.18. The molecular formula is C21H21N3O. The molecule has 4 aromatic rings. The topological polar surface area (TPSA) is 43.9 Å². The van der Waals surface area contributed by atoms with Crippen molar-refractivity contribution in [2.75, 3.05) is 0 Å². The first-order chi connectivity index (χ1) is 12.1. The van der Waals surface area contributed by atoms with Crippen LogP contribution in [0.25, 0.3) is 22.5 Å². The third kappa shape index (κ3) is 2.74. The van der Waals surface area contributed by atoms with E-state index in [9.17, 15) is 0 Å². The molecule has 4 nitrogen and oxygen atoms in total. The highest BCUT2D eigenvalue weighted by molar-refractivity contribution is 5.86. The molecule has 0 saturated carbocycles. The Hall–Kier alpha value is -2.88. The fraction of sp³-hybridized carbons (Fsp3) is 0.238. The maximum atomic E-state index is 5.94. The second kappa shape index (κ2) is 6.20. The summed E-state index contributed by atoms with van der Waals surface area (Å²) in [5.74, 6) is 1.45. The Balaban J connectivity index is 1.92. The normalized spacial score (nSPS) is 12.8. The van der Waals surface area contributed by atoms with Crippen LogP contribution in [0.3, 0.4) is 0 Å². The molecule has 0 amide bonds. The molecule has 0 aliphatic heterocycles. The van der Waals surface area contributed by atoms with E-state index in [1.54, 1.807) is 0 Å². The molecule has 0 N–H and O–H groups in total. The van der Waals surface area contributed by atoms with Gasteiger partial charge in [0.15, 0.2) is 0 Å². The maximum Gasteiger partial charge on any atom is 0.264 e. The van der Waals surface area contributed by atoms with E-state index in [0.717, 1.165) is 11.2 Å². The van der Waals surface area contributed by atoms with Crippen molar-refractivity contribution in [3.8, 4) is 11.6 Å². The van der Waals surface area contributed by atoms with Crippen molar-refractivity contribution in [1.29, 1.82) is 0 Å². The SMILES string of the molecule is CC(C)c1nnc(-c2cc3ccccc3n2C(C)c2ccccc2)o1. The van der Waals surface area contributed by atoms with Crippen LogP contribution in [-0.4, -0.2) is 14.8 Å². The Morgan fingerprint density at radius 1 is 0.880 bits per heavy atom. The van der Waals surface area contributed by atoms with Crippen LogP contribution >= 0.6 is 0 Å². The van der Waals surface area contributed by atoms with Crippen LogP contribution in [0.15, 0.2) is 65.1 Å². The lowest BCUT2D eigenvalue weighted by atomic mass is 10.1. The van der Waals surface area contributed by atoms with Gasteiger partial charge in [-0.3, -0.25) is 0 Å². The van der Waals surface area contributed by atoms with Gasteiger partial charge >= 0.3 is 0 Å². The van der Waals surface area contributed by atoms with Gasteiger partial charge < -0.3 is 8.98 Å². The number of hydrogen-bond donors (Lipinski definition) is 0. The molecule has 2 heterocycles. The molecule has 0 saturated heterocycles. The minimum absolute atomic E-state index is 0.158. The zero-order valence-electron chi connectivity index (χ0n) is 14.7. The summed E-state index contributed by atoms with van der Waals surface area (Å²) in [6.07, 6.45) is 0. The summed E-state index contributed by atoms with van der Waals surface area (Å²) in [5.41, 5.74) is 3.36. The van der Waals surface area contributed by atoms with Gasteiger partial charge in [-0.15, -0.1) is 10.2 Å². The van der Waals surface area contributed by atoms with Crippen LogP contribution in [-0.2, 0) is 0 Å². The quantitative estimate of drug-likeness (QED) is 0.501. The summed E-state index contributed by atoms with van der Waals surface area (Å²) in [6.45, 7) is 6.31. The third-order valence-electron chi connectivity index (χ3n) is 4.57. The van der Waals surface area contributed by atoms with Gasteiger partial charge in [-0.05, 0) is 24.6 Å². The summed E-state index contributed by atoms with van der Waals surface area (Å²) in [4.78, 5) is 0. The van der Waals surface area contributed by atoms with E-state index in [4.69, 9.17) is 4.42 Å². The fourth-order valence-corrected chi connectivity index (χ4v) is 3.21. The van der Waals surface area contributed by atoms with Crippen LogP contribution in [0.1, 0.15) is 44.2 Å². The van der Waals surface area contributed by atoms with E-state index in [2.05, 4.69) is 90.1 Å². The number of hydrogen-bond acceptors (Lipinski definition) is 3. The first-order valence-corrected chi connectivity index (χ1v) is 8.64. The molecule has 0 aliphatic rings. The highest BCUT2D eigenvalue weighted by atomic mass is 16.4. The van der Waals surface area contributed by atoms with Gasteiger partial charge in [0.05, 0.1) is 6.04 Å². The summed E-state index contributed by atoms with van der Waals surface area (Å²) in [6, 6.07) is 21.1. The summed E-state index contributed by atoms with van der Waals surface area (Å²) < 4.78 is 8.22. The Labute approximate surface area is 147 Å². The van der Waals surface area contributed by atoms with E-state index in [0.29, 0.717) is 11.8 Å². The van der Waals surface area contributed by atoms with E-state index in [1.807, 2.05) is 6.07 Å². The predicted molar refractivity (Wildman–Crippen MR) is 99.6 cm³/mol. The zero-order valence-corrected chi connectivity index (χ0v) is 14.7. The highest BCUT2D eigenvalue weighted by Crippen LogP contribution is 2.33. The van der Waals surface area contributed by atoms with E-state index < -0.39 is 0 Å². The molecule has 1 unspecified atom stereocenters. The van der Waals surface area contributed by atoms with Crippen molar-refractivity contribution in [2.24, 2.45) is 0 Å². The maximum absolute atomic E-state index is 5.94. The smallest absolute Gasteiger partial charge is 0.264 e. The van der Waals surface area contributed by atoms with Gasteiger partial charge in [0.1, 0.15) is 5.69 Å². The average Bonchev–Trinajstić information content (AvgIpc) is 3.26. The van der Waals surface area contributed by atoms with Gasteiger partial charge in [0.2, 0.25) is 5.89 Å². The van der Waals surface area contributed by atoms with Gasteiger partial charge in [-0.1, -0.05) is 62.4 Å². The summed E-state index contributed by atoms with van der Waals surface area (Å²) in [7, 11) is 0. The highest BCUT2D eigenvalue weighted by Gasteiger charge is 2.21. The van der Waals surface area contributed by atoms with Crippen LogP contribution in [0.5, 0.6) is 0 Å². The first-order valence-electron chi connectivity index (χ1n) is 8.64. The van der Waals surface area contributed by atoms with Crippen molar-refractivity contribution in [3.05, 3.63) is 72.1 Å². The summed E-state index contributed by atoms with van der Waals surface area (Å²) in [5, 5.41) is 9.68. The molecular weight excluding hydrogens is 310 g/mol. The minimum atomic E-state index is 0.158. The average molecular weight is 331 g/mol. The number of benzene rings is 2. The van der Waals surface area contributed by atoms with Crippen LogP contribution in [0, 0.1) is 0 Å². The molecule has 25 heavy (non-hydrogen) atoms. The van der Waals surface area contributed by atoms with Gasteiger partial charge in [0.25, 0.3) is 5.89 Å². The number of para-hydroxylation sites is 1. The first kappa shape index (κ1) is 15.6. The Morgan fingerprint density at radius 3 is 2.32 bits per heavy atom. The molecule has 2 aromatic heterocycles. The monoisotopic (exact) mass is 331 g/mol. The van der Waals surface area contributed by atoms with Crippen molar-refractivity contribution in [1.82, 2.24) is 14.8 Å². The van der Waals surface area contributed by atoms with E-state index >= 15 is 0 Å². The van der Waals surface area contributed by atoms with Crippen LogP contribution in [0.4, 0.5) is 0 Å². The minimum Gasteiger partial charge on any atom is -0.419 e. The zero-order chi connectivity index (χ0) is 17.4. The van der Waals surface area contributed by atoms with E-state index in [-0.39, 0.29) is 12.0 Å². The van der Waals surface area contributed by atoms with Gasteiger partial charge in [-0.2, -0.15) is 0 Å². The molecule has 126 valence electrons. The molecule has 0 aliphatic carbocycles. The molecule has 0 bridgehead atoms. The molecule has 4 rings (SSSR count). The standard InChI is InChI=1S/C21H21N3O/c1-14(2)20-22-23-21(25-20)19-13-17-11-7-8-12-18(17)24(19)15(3)16-9-5-4-6-10-16/h4-15H,1-3H3. The number of aromatic nitrogens is 3. The van der Waals surface area contributed by atoms with Crippen LogP contribution < -0.4 is 0 Å². The number of fused-ring (bicyclic) bond motifs is 1. The molecule has 2 aromatic carbocycles. The fourth-order valence-electron chi connectivity index (χ4n) is 3.21. The largest absolute Gasteiger partial charge is 0.419 e. The second-order valence-corrected chi connectivity index (χ2v) is 6.65.